The SMILES string of the molecule is CN1CC(NCC(O)Cn2cccn2)CCC1=O. The van der Waals surface area contributed by atoms with Crippen molar-refractivity contribution in [2.75, 3.05) is 20.1 Å². The van der Waals surface area contributed by atoms with Gasteiger partial charge in [-0.1, -0.05) is 0 Å². The highest BCUT2D eigenvalue weighted by atomic mass is 16.3. The number of carbonyl (C=O) groups excluding carboxylic acids is 1. The van der Waals surface area contributed by atoms with Gasteiger partial charge in [-0.15, -0.1) is 0 Å². The quantitative estimate of drug-likeness (QED) is 0.738. The first-order valence-electron chi connectivity index (χ1n) is 6.28. The Morgan fingerprint density at radius 1 is 1.67 bits per heavy atom. The van der Waals surface area contributed by atoms with E-state index in [0.717, 1.165) is 6.42 Å². The second kappa shape index (κ2) is 5.97. The Balaban J connectivity index is 1.69. The number of nitrogens with zero attached hydrogens (tertiary/aromatic N) is 3. The molecule has 2 N–H and O–H groups in total. The number of rotatable bonds is 5. The minimum atomic E-state index is -0.465. The number of nitrogens with one attached hydrogen (secondary N) is 1. The van der Waals surface area contributed by atoms with Crippen LogP contribution in [0.5, 0.6) is 0 Å². The van der Waals surface area contributed by atoms with Crippen LogP contribution < -0.4 is 5.32 Å². The van der Waals surface area contributed by atoms with Crippen LogP contribution in [0.1, 0.15) is 12.8 Å². The number of likely N-dealkylation sites (tertiary alicyclic amines) is 1. The normalized spacial score (nSPS) is 22.2. The molecule has 1 aliphatic rings. The lowest BCUT2D eigenvalue weighted by Gasteiger charge is -2.30. The third-order valence-electron chi connectivity index (χ3n) is 3.23. The molecular formula is C12H20N4O2. The van der Waals surface area contributed by atoms with Gasteiger partial charge in [0, 0.05) is 45.0 Å². The van der Waals surface area contributed by atoms with Crippen molar-refractivity contribution in [3.8, 4) is 0 Å². The molecular weight excluding hydrogens is 232 g/mol. The van der Waals surface area contributed by atoms with Crippen LogP contribution in [0.2, 0.25) is 0 Å². The summed E-state index contributed by atoms with van der Waals surface area (Å²) in [6, 6.07) is 2.11. The molecule has 6 heteroatoms. The minimum absolute atomic E-state index is 0.199. The fourth-order valence-corrected chi connectivity index (χ4v) is 2.17. The molecule has 6 nitrogen and oxygen atoms in total. The molecule has 1 aliphatic heterocycles. The van der Waals surface area contributed by atoms with Gasteiger partial charge in [-0.3, -0.25) is 9.48 Å². The molecule has 1 aromatic rings. The summed E-state index contributed by atoms with van der Waals surface area (Å²) < 4.78 is 1.71. The van der Waals surface area contributed by atoms with Crippen LogP contribution in [-0.4, -0.2) is 58.0 Å². The number of piperidine rings is 1. The van der Waals surface area contributed by atoms with E-state index in [2.05, 4.69) is 10.4 Å². The van der Waals surface area contributed by atoms with Gasteiger partial charge in [0.15, 0.2) is 0 Å². The maximum Gasteiger partial charge on any atom is 0.222 e. The summed E-state index contributed by atoms with van der Waals surface area (Å²) >= 11 is 0. The van der Waals surface area contributed by atoms with Gasteiger partial charge >= 0.3 is 0 Å². The molecule has 2 atom stereocenters. The zero-order valence-electron chi connectivity index (χ0n) is 10.6. The van der Waals surface area contributed by atoms with Crippen molar-refractivity contribution in [2.45, 2.75) is 31.5 Å². The zero-order valence-corrected chi connectivity index (χ0v) is 10.6. The lowest BCUT2D eigenvalue weighted by Crippen LogP contribution is -2.48. The number of aromatic nitrogens is 2. The highest BCUT2D eigenvalue weighted by Gasteiger charge is 2.22. The van der Waals surface area contributed by atoms with Gasteiger partial charge in [-0.05, 0) is 12.5 Å². The predicted octanol–water partition coefficient (Wildman–Crippen LogP) is -0.546. The number of aliphatic hydroxyl groups is 1. The third kappa shape index (κ3) is 3.54. The highest BCUT2D eigenvalue weighted by Crippen LogP contribution is 2.09. The van der Waals surface area contributed by atoms with Crippen LogP contribution in [-0.2, 0) is 11.3 Å². The van der Waals surface area contributed by atoms with Crippen molar-refractivity contribution >= 4 is 5.91 Å². The molecule has 0 saturated carbocycles. The Labute approximate surface area is 107 Å². The summed E-state index contributed by atoms with van der Waals surface area (Å²) in [5.41, 5.74) is 0. The van der Waals surface area contributed by atoms with Crippen molar-refractivity contribution in [3.05, 3.63) is 18.5 Å². The van der Waals surface area contributed by atoms with Crippen LogP contribution in [0, 0.1) is 0 Å². The van der Waals surface area contributed by atoms with Crippen LogP contribution >= 0.6 is 0 Å². The molecule has 2 unspecified atom stereocenters. The summed E-state index contributed by atoms with van der Waals surface area (Å²) in [5.74, 6) is 0.199. The molecule has 1 amide bonds. The third-order valence-corrected chi connectivity index (χ3v) is 3.23. The lowest BCUT2D eigenvalue weighted by molar-refractivity contribution is -0.132. The topological polar surface area (TPSA) is 70.4 Å². The van der Waals surface area contributed by atoms with Crippen molar-refractivity contribution < 1.29 is 9.90 Å². The van der Waals surface area contributed by atoms with Crippen LogP contribution in [0.3, 0.4) is 0 Å². The molecule has 0 aromatic carbocycles. The molecule has 1 aromatic heterocycles. The van der Waals surface area contributed by atoms with E-state index in [1.54, 1.807) is 15.8 Å². The lowest BCUT2D eigenvalue weighted by atomic mass is 10.1. The minimum Gasteiger partial charge on any atom is -0.390 e. The second-order valence-corrected chi connectivity index (χ2v) is 4.80. The van der Waals surface area contributed by atoms with Crippen molar-refractivity contribution in [3.63, 3.8) is 0 Å². The Kier molecular flexibility index (Phi) is 4.33. The summed E-state index contributed by atoms with van der Waals surface area (Å²) in [6.45, 7) is 1.72. The zero-order chi connectivity index (χ0) is 13.0. The summed E-state index contributed by atoms with van der Waals surface area (Å²) in [4.78, 5) is 13.1. The monoisotopic (exact) mass is 252 g/mol. The first kappa shape index (κ1) is 13.0. The predicted molar refractivity (Wildman–Crippen MR) is 66.9 cm³/mol. The number of hydrogen-bond acceptors (Lipinski definition) is 4. The fourth-order valence-electron chi connectivity index (χ4n) is 2.17. The van der Waals surface area contributed by atoms with Crippen LogP contribution in [0.25, 0.3) is 0 Å². The van der Waals surface area contributed by atoms with E-state index in [9.17, 15) is 9.90 Å². The van der Waals surface area contributed by atoms with E-state index in [1.807, 2.05) is 19.3 Å². The maximum absolute atomic E-state index is 11.3. The van der Waals surface area contributed by atoms with Crippen molar-refractivity contribution in [1.29, 1.82) is 0 Å². The Morgan fingerprint density at radius 3 is 3.17 bits per heavy atom. The molecule has 100 valence electrons. The standard InChI is InChI=1S/C12H20N4O2/c1-15-8-10(3-4-12(15)18)13-7-11(17)9-16-6-2-5-14-16/h2,5-6,10-11,13,17H,3-4,7-9H2,1H3. The number of likely N-dealkylation sites (N-methyl/N-ethyl adjacent to an activating group) is 1. The van der Waals surface area contributed by atoms with E-state index in [-0.39, 0.29) is 11.9 Å². The van der Waals surface area contributed by atoms with Crippen LogP contribution in [0.15, 0.2) is 18.5 Å². The summed E-state index contributed by atoms with van der Waals surface area (Å²) in [7, 11) is 1.82. The Morgan fingerprint density at radius 2 is 2.50 bits per heavy atom. The average molecular weight is 252 g/mol. The molecule has 2 rings (SSSR count). The van der Waals surface area contributed by atoms with E-state index in [4.69, 9.17) is 0 Å². The smallest absolute Gasteiger partial charge is 0.222 e. The Hall–Kier alpha value is -1.40. The van der Waals surface area contributed by atoms with Crippen LogP contribution in [0.4, 0.5) is 0 Å². The van der Waals surface area contributed by atoms with E-state index in [1.165, 1.54) is 0 Å². The fraction of sp³-hybridized carbons (Fsp3) is 0.667. The molecule has 1 saturated heterocycles. The molecule has 1 fully saturated rings. The van der Waals surface area contributed by atoms with Gasteiger partial charge in [0.25, 0.3) is 0 Å². The molecule has 0 aliphatic carbocycles. The molecule has 18 heavy (non-hydrogen) atoms. The average Bonchev–Trinajstić information content (AvgIpc) is 2.83. The number of amides is 1. The Bertz CT molecular complexity index is 379. The van der Waals surface area contributed by atoms with E-state index < -0.39 is 6.10 Å². The first-order valence-corrected chi connectivity index (χ1v) is 6.28. The van der Waals surface area contributed by atoms with Gasteiger partial charge in [-0.25, -0.2) is 0 Å². The van der Waals surface area contributed by atoms with Gasteiger partial charge in [0.2, 0.25) is 5.91 Å². The largest absolute Gasteiger partial charge is 0.390 e. The van der Waals surface area contributed by atoms with Crippen molar-refractivity contribution in [2.24, 2.45) is 0 Å². The summed E-state index contributed by atoms with van der Waals surface area (Å²) in [6.07, 6.45) is 4.49. The second-order valence-electron chi connectivity index (χ2n) is 4.80. The maximum atomic E-state index is 11.3. The highest BCUT2D eigenvalue weighted by molar-refractivity contribution is 5.76. The van der Waals surface area contributed by atoms with Gasteiger partial charge in [0.05, 0.1) is 12.6 Å². The number of aliphatic hydroxyl groups excluding tert-OH is 1. The van der Waals surface area contributed by atoms with Gasteiger partial charge in [-0.2, -0.15) is 5.10 Å². The molecule has 0 spiro atoms. The summed E-state index contributed by atoms with van der Waals surface area (Å²) in [5, 5.41) is 17.2. The number of carbonyl (C=O) groups is 1. The first-order chi connectivity index (χ1) is 8.65. The van der Waals surface area contributed by atoms with E-state index in [0.29, 0.717) is 26.1 Å². The number of hydrogen-bond donors (Lipinski definition) is 2. The van der Waals surface area contributed by atoms with Crippen molar-refractivity contribution in [1.82, 2.24) is 20.0 Å². The van der Waals surface area contributed by atoms with Gasteiger partial charge < -0.3 is 15.3 Å². The molecule has 0 radical (unpaired) electrons. The molecule has 2 heterocycles. The van der Waals surface area contributed by atoms with Gasteiger partial charge in [0.1, 0.15) is 0 Å². The molecule has 0 bridgehead atoms. The van der Waals surface area contributed by atoms with E-state index >= 15 is 0 Å².